The SMILES string of the molecule is CC/C=C\C/C=C\C/C=C\C/C=C\CCCCCCCCCCCCCCCCCCCCC(=O)NC(COC1OC(CO)C(OC2OC(CO)C(O)C(O)C2O)C(O)C1O)C(O)/C=C/CC/C=C/CCCC. The first-order valence-corrected chi connectivity index (χ1v) is 28.7. The van der Waals surface area contributed by atoms with Gasteiger partial charge in [0.15, 0.2) is 12.6 Å². The molecule has 14 heteroatoms. The molecule has 14 nitrogen and oxygen atoms in total. The van der Waals surface area contributed by atoms with E-state index in [0.29, 0.717) is 12.8 Å². The van der Waals surface area contributed by atoms with Crippen molar-refractivity contribution in [3.8, 4) is 0 Å². The van der Waals surface area contributed by atoms with Crippen LogP contribution in [0.4, 0.5) is 0 Å². The number of nitrogens with one attached hydrogen (secondary N) is 1. The highest BCUT2D eigenvalue weighted by Crippen LogP contribution is 2.30. The zero-order valence-corrected chi connectivity index (χ0v) is 45.1. The maximum absolute atomic E-state index is 13.2. The molecule has 0 spiro atoms. The summed E-state index contributed by atoms with van der Waals surface area (Å²) in [4.78, 5) is 13.2. The van der Waals surface area contributed by atoms with Crippen LogP contribution in [0.15, 0.2) is 72.9 Å². The van der Waals surface area contributed by atoms with Gasteiger partial charge < -0.3 is 65.1 Å². The molecule has 1 amide bonds. The monoisotopic (exact) mass is 1030 g/mol. The van der Waals surface area contributed by atoms with Crippen molar-refractivity contribution >= 4 is 5.91 Å². The fourth-order valence-electron chi connectivity index (χ4n) is 8.99. The zero-order chi connectivity index (χ0) is 53.2. The van der Waals surface area contributed by atoms with Gasteiger partial charge in [-0.05, 0) is 64.2 Å². The number of rotatable bonds is 44. The van der Waals surface area contributed by atoms with E-state index in [1.165, 1.54) is 96.3 Å². The van der Waals surface area contributed by atoms with Gasteiger partial charge in [0.05, 0.1) is 32.0 Å². The Morgan fingerprint density at radius 2 is 0.959 bits per heavy atom. The summed E-state index contributed by atoms with van der Waals surface area (Å²) < 4.78 is 22.6. The Morgan fingerprint density at radius 1 is 0.507 bits per heavy atom. The molecule has 2 fully saturated rings. The van der Waals surface area contributed by atoms with Crippen molar-refractivity contribution < 1.29 is 64.6 Å². The number of aliphatic hydroxyl groups excluding tert-OH is 8. The fourth-order valence-corrected chi connectivity index (χ4v) is 8.99. The highest BCUT2D eigenvalue weighted by atomic mass is 16.7. The van der Waals surface area contributed by atoms with Crippen LogP contribution in [0, 0.1) is 0 Å². The van der Waals surface area contributed by atoms with Gasteiger partial charge in [-0.2, -0.15) is 0 Å². The van der Waals surface area contributed by atoms with Crippen LogP contribution in [0.1, 0.15) is 200 Å². The molecular weight excluding hydrogens is 931 g/mol. The lowest BCUT2D eigenvalue weighted by molar-refractivity contribution is -0.359. The smallest absolute Gasteiger partial charge is 0.220 e. The minimum Gasteiger partial charge on any atom is -0.394 e. The van der Waals surface area contributed by atoms with Gasteiger partial charge in [0.25, 0.3) is 0 Å². The summed E-state index contributed by atoms with van der Waals surface area (Å²) in [5, 5.41) is 86.6. The van der Waals surface area contributed by atoms with Gasteiger partial charge in [-0.1, -0.05) is 202 Å². The number of hydrogen-bond acceptors (Lipinski definition) is 13. The summed E-state index contributed by atoms with van der Waals surface area (Å²) in [5.41, 5.74) is 0. The van der Waals surface area contributed by atoms with Gasteiger partial charge >= 0.3 is 0 Å². The Bertz CT molecular complexity index is 1500. The molecule has 0 aliphatic carbocycles. The molecule has 2 aliphatic rings. The summed E-state index contributed by atoms with van der Waals surface area (Å²) >= 11 is 0. The van der Waals surface area contributed by atoms with E-state index >= 15 is 0 Å². The van der Waals surface area contributed by atoms with Crippen molar-refractivity contribution in [3.63, 3.8) is 0 Å². The largest absolute Gasteiger partial charge is 0.394 e. The van der Waals surface area contributed by atoms with Crippen LogP contribution < -0.4 is 5.32 Å². The first-order chi connectivity index (χ1) is 35.6. The topological polar surface area (TPSA) is 228 Å². The van der Waals surface area contributed by atoms with Gasteiger partial charge in [0.2, 0.25) is 5.91 Å². The number of amides is 1. The van der Waals surface area contributed by atoms with E-state index in [1.54, 1.807) is 6.08 Å². The molecule has 0 radical (unpaired) electrons. The molecule has 0 aromatic rings. The van der Waals surface area contributed by atoms with E-state index in [0.717, 1.165) is 70.6 Å². The zero-order valence-electron chi connectivity index (χ0n) is 45.1. The van der Waals surface area contributed by atoms with E-state index in [9.17, 15) is 45.6 Å². The lowest BCUT2D eigenvalue weighted by atomic mass is 9.97. The highest BCUT2D eigenvalue weighted by Gasteiger charge is 2.51. The van der Waals surface area contributed by atoms with Gasteiger partial charge in [-0.25, -0.2) is 0 Å². The molecule has 73 heavy (non-hydrogen) atoms. The molecule has 2 saturated heterocycles. The first-order valence-electron chi connectivity index (χ1n) is 28.7. The number of ether oxygens (including phenoxy) is 4. The molecule has 0 bridgehead atoms. The Labute approximate surface area is 440 Å². The maximum atomic E-state index is 13.2. The molecule has 9 N–H and O–H groups in total. The lowest BCUT2D eigenvalue weighted by Crippen LogP contribution is -2.65. The standard InChI is InChI=1S/C59H103NO13/c1-3-5-7-9-11-13-14-15-16-17-18-19-20-21-22-23-24-25-26-27-28-29-30-31-32-33-34-35-37-39-41-43-51(64)60-47(48(63)42-40-38-36-12-10-8-6-4-2)46-70-58-56(69)54(67)57(50(45-62)72-58)73-59-55(68)53(66)52(65)49(44-61)71-59/h5,7,10-13,15-16,18-19,40,42,47-50,52-59,61-63,65-69H,3-4,6,8-9,14,17,20-39,41,43-46H2,1-2H3,(H,60,64)/b7-5-,12-10+,13-11-,16-15-,19-18-,42-40+. The minimum atomic E-state index is -1.79. The second-order valence-corrected chi connectivity index (χ2v) is 20.0. The van der Waals surface area contributed by atoms with Crippen LogP contribution in [0.3, 0.4) is 0 Å². The second kappa shape index (κ2) is 44.5. The fraction of sp³-hybridized carbons (Fsp3) is 0.780. The van der Waals surface area contributed by atoms with Crippen LogP contribution >= 0.6 is 0 Å². The van der Waals surface area contributed by atoms with Crippen LogP contribution in [0.2, 0.25) is 0 Å². The predicted molar refractivity (Wildman–Crippen MR) is 290 cm³/mol. The van der Waals surface area contributed by atoms with Crippen molar-refractivity contribution in [2.24, 2.45) is 0 Å². The third kappa shape index (κ3) is 30.7. The molecule has 12 unspecified atom stereocenters. The second-order valence-electron chi connectivity index (χ2n) is 20.0. The van der Waals surface area contributed by atoms with Crippen LogP contribution in [0.5, 0.6) is 0 Å². The first kappa shape index (κ1) is 66.5. The van der Waals surface area contributed by atoms with Crippen LogP contribution in [-0.4, -0.2) is 140 Å². The Kier molecular flexibility index (Phi) is 40.6. The van der Waals surface area contributed by atoms with E-state index in [1.807, 2.05) is 6.08 Å². The van der Waals surface area contributed by atoms with Crippen molar-refractivity contribution in [2.75, 3.05) is 19.8 Å². The molecule has 2 rings (SSSR count). The molecular formula is C59H103NO13. The summed E-state index contributed by atoms with van der Waals surface area (Å²) in [6, 6.07) is -0.930. The third-order valence-electron chi connectivity index (χ3n) is 13.6. The van der Waals surface area contributed by atoms with Crippen molar-refractivity contribution in [1.82, 2.24) is 5.32 Å². The summed E-state index contributed by atoms with van der Waals surface area (Å²) in [6.07, 6.45) is 41.4. The maximum Gasteiger partial charge on any atom is 0.220 e. The number of carbonyl (C=O) groups excluding carboxylic acids is 1. The molecule has 0 saturated carbocycles. The van der Waals surface area contributed by atoms with Crippen LogP contribution in [0.25, 0.3) is 0 Å². The average Bonchev–Trinajstić information content (AvgIpc) is 3.39. The van der Waals surface area contributed by atoms with E-state index < -0.39 is 86.8 Å². The van der Waals surface area contributed by atoms with E-state index in [-0.39, 0.29) is 18.9 Å². The van der Waals surface area contributed by atoms with Crippen molar-refractivity contribution in [2.45, 2.75) is 274 Å². The Balaban J connectivity index is 1.62. The molecule has 12 atom stereocenters. The quantitative estimate of drug-likeness (QED) is 0.0205. The summed E-state index contributed by atoms with van der Waals surface area (Å²) in [7, 11) is 0. The van der Waals surface area contributed by atoms with Gasteiger partial charge in [-0.3, -0.25) is 4.79 Å². The third-order valence-corrected chi connectivity index (χ3v) is 13.6. The highest BCUT2D eigenvalue weighted by molar-refractivity contribution is 5.76. The van der Waals surface area contributed by atoms with Crippen molar-refractivity contribution in [1.29, 1.82) is 0 Å². The molecule has 0 aromatic carbocycles. The summed E-state index contributed by atoms with van der Waals surface area (Å²) in [6.45, 7) is 2.57. The lowest BCUT2D eigenvalue weighted by Gasteiger charge is -2.46. The molecule has 422 valence electrons. The number of unbranched alkanes of at least 4 members (excludes halogenated alkanes) is 21. The molecule has 2 aliphatic heterocycles. The van der Waals surface area contributed by atoms with Gasteiger partial charge in [0, 0.05) is 6.42 Å². The molecule has 0 aromatic heterocycles. The summed E-state index contributed by atoms with van der Waals surface area (Å²) in [5.74, 6) is -0.254. The van der Waals surface area contributed by atoms with Gasteiger partial charge in [0.1, 0.15) is 48.8 Å². The predicted octanol–water partition coefficient (Wildman–Crippen LogP) is 9.16. The van der Waals surface area contributed by atoms with E-state index in [2.05, 4.69) is 79.9 Å². The van der Waals surface area contributed by atoms with Gasteiger partial charge in [-0.15, -0.1) is 0 Å². The number of allylic oxidation sites excluding steroid dienone is 11. The Hall–Kier alpha value is -2.57. The molecule has 2 heterocycles. The number of hydrogen-bond donors (Lipinski definition) is 9. The Morgan fingerprint density at radius 3 is 1.51 bits per heavy atom. The van der Waals surface area contributed by atoms with E-state index in [4.69, 9.17) is 18.9 Å². The number of aliphatic hydroxyl groups is 8. The van der Waals surface area contributed by atoms with Crippen LogP contribution in [-0.2, 0) is 23.7 Å². The number of carbonyl (C=O) groups is 1. The minimum absolute atomic E-state index is 0.254. The normalized spacial score (nSPS) is 25.9. The average molecular weight is 1030 g/mol. The van der Waals surface area contributed by atoms with Crippen molar-refractivity contribution in [3.05, 3.63) is 72.9 Å².